The van der Waals surface area contributed by atoms with Crippen molar-refractivity contribution < 1.29 is 13.2 Å². The molecule has 2 unspecified atom stereocenters. The van der Waals surface area contributed by atoms with Gasteiger partial charge in [0.05, 0.1) is 23.2 Å². The maximum atomic E-state index is 12.2. The number of hydrogen-bond donors (Lipinski definition) is 1. The number of anilines is 1. The highest BCUT2D eigenvalue weighted by atomic mass is 32.2. The van der Waals surface area contributed by atoms with Crippen LogP contribution in [0.3, 0.4) is 0 Å². The highest BCUT2D eigenvalue weighted by molar-refractivity contribution is 7.91. The van der Waals surface area contributed by atoms with Gasteiger partial charge in [0.2, 0.25) is 5.91 Å². The van der Waals surface area contributed by atoms with Crippen molar-refractivity contribution in [2.45, 2.75) is 31.7 Å². The standard InChI is InChI=1S/C16H18N4O3S/c1-10-15-13(11-2-5-17-6-3-11)8-14(21)18-16(15)20(19-10)12-4-7-24(22,23)9-12/h2-3,5-6,12-13H,4,7-9H2,1H3,(H,18,21). The van der Waals surface area contributed by atoms with Crippen LogP contribution in [0.4, 0.5) is 5.82 Å². The average Bonchev–Trinajstić information content (AvgIpc) is 3.07. The van der Waals surface area contributed by atoms with Crippen LogP contribution in [0.2, 0.25) is 0 Å². The first-order valence-corrected chi connectivity index (χ1v) is 9.76. The van der Waals surface area contributed by atoms with Crippen LogP contribution in [0.5, 0.6) is 0 Å². The van der Waals surface area contributed by atoms with Crippen molar-refractivity contribution in [3.05, 3.63) is 41.3 Å². The van der Waals surface area contributed by atoms with E-state index in [-0.39, 0.29) is 29.4 Å². The van der Waals surface area contributed by atoms with Gasteiger partial charge < -0.3 is 5.32 Å². The predicted molar refractivity (Wildman–Crippen MR) is 88.6 cm³/mol. The van der Waals surface area contributed by atoms with Crippen molar-refractivity contribution in [1.82, 2.24) is 14.8 Å². The average molecular weight is 346 g/mol. The summed E-state index contributed by atoms with van der Waals surface area (Å²) in [5.74, 6) is 0.742. The van der Waals surface area contributed by atoms with E-state index in [0.29, 0.717) is 18.7 Å². The number of amides is 1. The molecule has 8 heteroatoms. The van der Waals surface area contributed by atoms with Crippen LogP contribution in [0, 0.1) is 6.92 Å². The number of hydrogen-bond acceptors (Lipinski definition) is 5. The minimum Gasteiger partial charge on any atom is -0.311 e. The minimum absolute atomic E-state index is 0.0775. The van der Waals surface area contributed by atoms with Gasteiger partial charge in [-0.2, -0.15) is 5.10 Å². The van der Waals surface area contributed by atoms with Crippen molar-refractivity contribution in [1.29, 1.82) is 0 Å². The monoisotopic (exact) mass is 346 g/mol. The number of nitrogens with one attached hydrogen (secondary N) is 1. The van der Waals surface area contributed by atoms with Gasteiger partial charge in [-0.3, -0.25) is 9.78 Å². The number of carbonyl (C=O) groups is 1. The summed E-state index contributed by atoms with van der Waals surface area (Å²) in [6.07, 6.45) is 4.31. The van der Waals surface area contributed by atoms with Gasteiger partial charge in [-0.25, -0.2) is 13.1 Å². The van der Waals surface area contributed by atoms with Crippen molar-refractivity contribution in [3.8, 4) is 0 Å². The van der Waals surface area contributed by atoms with Crippen LogP contribution >= 0.6 is 0 Å². The lowest BCUT2D eigenvalue weighted by Gasteiger charge is -2.25. The summed E-state index contributed by atoms with van der Waals surface area (Å²) in [6.45, 7) is 1.91. The number of fused-ring (bicyclic) bond motifs is 1. The van der Waals surface area contributed by atoms with Gasteiger partial charge in [0.1, 0.15) is 5.82 Å². The summed E-state index contributed by atoms with van der Waals surface area (Å²) in [5, 5.41) is 7.48. The number of carbonyl (C=O) groups excluding carboxylic acids is 1. The minimum atomic E-state index is -3.02. The molecule has 2 atom stereocenters. The predicted octanol–water partition coefficient (Wildman–Crippen LogP) is 1.42. The zero-order valence-corrected chi connectivity index (χ0v) is 14.1. The molecule has 2 aromatic rings. The lowest BCUT2D eigenvalue weighted by atomic mass is 9.86. The number of aromatic nitrogens is 3. The molecular weight excluding hydrogens is 328 g/mol. The van der Waals surface area contributed by atoms with Crippen LogP contribution in [0.1, 0.15) is 41.6 Å². The third kappa shape index (κ3) is 2.50. The van der Waals surface area contributed by atoms with Crippen molar-refractivity contribution >= 4 is 21.6 Å². The van der Waals surface area contributed by atoms with E-state index < -0.39 is 9.84 Å². The largest absolute Gasteiger partial charge is 0.311 e. The Morgan fingerprint density at radius 1 is 1.29 bits per heavy atom. The quantitative estimate of drug-likeness (QED) is 0.887. The summed E-state index contributed by atoms with van der Waals surface area (Å²) in [7, 11) is -3.02. The SMILES string of the molecule is Cc1nn(C2CCS(=O)(=O)C2)c2c1C(c1ccncc1)CC(=O)N2. The Morgan fingerprint density at radius 3 is 2.71 bits per heavy atom. The number of aryl methyl sites for hydroxylation is 1. The second-order valence-electron chi connectivity index (χ2n) is 6.43. The molecule has 0 saturated carbocycles. The van der Waals surface area contributed by atoms with E-state index in [4.69, 9.17) is 0 Å². The molecule has 0 spiro atoms. The zero-order chi connectivity index (χ0) is 16.9. The summed E-state index contributed by atoms with van der Waals surface area (Å²) in [6, 6.07) is 3.60. The summed E-state index contributed by atoms with van der Waals surface area (Å²) in [5.41, 5.74) is 2.82. The Hall–Kier alpha value is -2.22. The van der Waals surface area contributed by atoms with E-state index in [2.05, 4.69) is 15.4 Å². The topological polar surface area (TPSA) is 93.9 Å². The molecule has 2 aliphatic heterocycles. The highest BCUT2D eigenvalue weighted by Gasteiger charge is 2.37. The van der Waals surface area contributed by atoms with E-state index in [0.717, 1.165) is 16.8 Å². The Balaban J connectivity index is 1.81. The van der Waals surface area contributed by atoms with Gasteiger partial charge in [-0.05, 0) is 31.0 Å². The maximum Gasteiger partial charge on any atom is 0.226 e. The van der Waals surface area contributed by atoms with E-state index in [1.54, 1.807) is 17.1 Å². The molecule has 0 aromatic carbocycles. The summed E-state index contributed by atoms with van der Waals surface area (Å²) < 4.78 is 25.3. The lowest BCUT2D eigenvalue weighted by molar-refractivity contribution is -0.116. The molecule has 1 fully saturated rings. The van der Waals surface area contributed by atoms with Gasteiger partial charge in [0.15, 0.2) is 9.84 Å². The molecule has 0 radical (unpaired) electrons. The Morgan fingerprint density at radius 2 is 2.04 bits per heavy atom. The van der Waals surface area contributed by atoms with Gasteiger partial charge in [0, 0.05) is 30.3 Å². The van der Waals surface area contributed by atoms with E-state index >= 15 is 0 Å². The normalized spacial score (nSPS) is 25.3. The third-order valence-corrected chi connectivity index (χ3v) is 6.54. The highest BCUT2D eigenvalue weighted by Crippen LogP contribution is 2.41. The molecule has 0 bridgehead atoms. The first kappa shape index (κ1) is 15.3. The van der Waals surface area contributed by atoms with Crippen molar-refractivity contribution in [2.75, 3.05) is 16.8 Å². The molecule has 0 aliphatic carbocycles. The number of pyridine rings is 1. The number of sulfone groups is 1. The van der Waals surface area contributed by atoms with Crippen LogP contribution in [-0.4, -0.2) is 40.6 Å². The molecule has 1 saturated heterocycles. The molecule has 1 amide bonds. The Labute approximate surface area is 140 Å². The summed E-state index contributed by atoms with van der Waals surface area (Å²) >= 11 is 0. The van der Waals surface area contributed by atoms with Crippen LogP contribution in [-0.2, 0) is 14.6 Å². The second-order valence-corrected chi connectivity index (χ2v) is 8.66. The molecule has 126 valence electrons. The number of rotatable bonds is 2. The molecule has 1 N–H and O–H groups in total. The first-order valence-electron chi connectivity index (χ1n) is 7.94. The molecule has 4 rings (SSSR count). The molecular formula is C16H18N4O3S. The molecule has 4 heterocycles. The van der Waals surface area contributed by atoms with Crippen LogP contribution in [0.25, 0.3) is 0 Å². The van der Waals surface area contributed by atoms with Crippen LogP contribution in [0.15, 0.2) is 24.5 Å². The van der Waals surface area contributed by atoms with E-state index in [1.807, 2.05) is 19.1 Å². The molecule has 2 aliphatic rings. The fourth-order valence-electron chi connectivity index (χ4n) is 3.69. The fourth-order valence-corrected chi connectivity index (χ4v) is 5.38. The van der Waals surface area contributed by atoms with Crippen LogP contribution < -0.4 is 5.32 Å². The fraction of sp³-hybridized carbons (Fsp3) is 0.438. The van der Waals surface area contributed by atoms with Crippen molar-refractivity contribution in [3.63, 3.8) is 0 Å². The second kappa shape index (κ2) is 5.41. The first-order chi connectivity index (χ1) is 11.4. The van der Waals surface area contributed by atoms with Gasteiger partial charge >= 0.3 is 0 Å². The number of nitrogens with zero attached hydrogens (tertiary/aromatic N) is 3. The molecule has 2 aromatic heterocycles. The van der Waals surface area contributed by atoms with Gasteiger partial charge in [-0.15, -0.1) is 0 Å². The van der Waals surface area contributed by atoms with E-state index in [9.17, 15) is 13.2 Å². The van der Waals surface area contributed by atoms with Gasteiger partial charge in [-0.1, -0.05) is 0 Å². The molecule has 7 nitrogen and oxygen atoms in total. The Kier molecular flexibility index (Phi) is 3.45. The summed E-state index contributed by atoms with van der Waals surface area (Å²) in [4.78, 5) is 16.3. The smallest absolute Gasteiger partial charge is 0.226 e. The van der Waals surface area contributed by atoms with E-state index in [1.165, 1.54) is 0 Å². The van der Waals surface area contributed by atoms with Crippen molar-refractivity contribution in [2.24, 2.45) is 0 Å². The maximum absolute atomic E-state index is 12.2. The zero-order valence-electron chi connectivity index (χ0n) is 13.3. The van der Waals surface area contributed by atoms with Gasteiger partial charge in [0.25, 0.3) is 0 Å². The molecule has 24 heavy (non-hydrogen) atoms. The Bertz CT molecular complexity index is 905. The third-order valence-electron chi connectivity index (χ3n) is 4.79. The lowest BCUT2D eigenvalue weighted by Crippen LogP contribution is -2.26.